The Morgan fingerprint density at radius 2 is 2.23 bits per heavy atom. The third-order valence-corrected chi connectivity index (χ3v) is 1.78. The molecule has 3 nitrogen and oxygen atoms in total. The maximum Gasteiger partial charge on any atom is 0.269 e. The van der Waals surface area contributed by atoms with E-state index >= 15 is 0 Å². The Hall–Kier alpha value is -1.23. The average Bonchev–Trinajstić information content (AvgIpc) is 2.03. The zero-order chi connectivity index (χ0) is 10.0. The SMILES string of the molecule is Cc1[nH]c(=O)c(C(F)F)cc1CO. The predicted octanol–water partition coefficient (Wildman–Crippen LogP) is 1.11. The summed E-state index contributed by atoms with van der Waals surface area (Å²) in [7, 11) is 0. The summed E-state index contributed by atoms with van der Waals surface area (Å²) in [5, 5.41) is 8.75. The van der Waals surface area contributed by atoms with Crippen LogP contribution >= 0.6 is 0 Å². The number of hydrogen-bond acceptors (Lipinski definition) is 2. The zero-order valence-electron chi connectivity index (χ0n) is 6.97. The normalized spacial score (nSPS) is 10.8. The summed E-state index contributed by atoms with van der Waals surface area (Å²) >= 11 is 0. The van der Waals surface area contributed by atoms with Crippen molar-refractivity contribution < 1.29 is 13.9 Å². The van der Waals surface area contributed by atoms with E-state index in [0.29, 0.717) is 11.3 Å². The van der Waals surface area contributed by atoms with Crippen LogP contribution in [0.2, 0.25) is 0 Å². The van der Waals surface area contributed by atoms with E-state index in [0.717, 1.165) is 6.07 Å². The van der Waals surface area contributed by atoms with E-state index in [4.69, 9.17) is 5.11 Å². The molecule has 0 fully saturated rings. The van der Waals surface area contributed by atoms with Crippen LogP contribution in [0, 0.1) is 6.92 Å². The number of pyridine rings is 1. The van der Waals surface area contributed by atoms with E-state index in [2.05, 4.69) is 4.98 Å². The number of alkyl halides is 2. The third kappa shape index (κ3) is 1.92. The summed E-state index contributed by atoms with van der Waals surface area (Å²) in [5.41, 5.74) is -0.675. The quantitative estimate of drug-likeness (QED) is 0.732. The van der Waals surface area contributed by atoms with E-state index in [-0.39, 0.29) is 6.61 Å². The average molecular weight is 189 g/mol. The maximum absolute atomic E-state index is 12.2. The van der Waals surface area contributed by atoms with E-state index in [9.17, 15) is 13.6 Å². The Kier molecular flexibility index (Phi) is 2.77. The summed E-state index contributed by atoms with van der Waals surface area (Å²) in [4.78, 5) is 13.2. The van der Waals surface area contributed by atoms with Crippen LogP contribution in [0.1, 0.15) is 23.2 Å². The first-order valence-electron chi connectivity index (χ1n) is 3.68. The summed E-state index contributed by atoms with van der Waals surface area (Å²) in [6.07, 6.45) is -2.81. The summed E-state index contributed by atoms with van der Waals surface area (Å²) < 4.78 is 24.3. The number of hydrogen-bond donors (Lipinski definition) is 2. The van der Waals surface area contributed by atoms with Crippen molar-refractivity contribution in [1.82, 2.24) is 4.98 Å². The molecule has 1 aromatic rings. The number of aryl methyl sites for hydroxylation is 1. The monoisotopic (exact) mass is 189 g/mol. The lowest BCUT2D eigenvalue weighted by Gasteiger charge is -2.04. The molecule has 1 aromatic heterocycles. The molecule has 0 radical (unpaired) electrons. The molecule has 13 heavy (non-hydrogen) atoms. The van der Waals surface area contributed by atoms with E-state index < -0.39 is 17.5 Å². The molecule has 0 aromatic carbocycles. The fourth-order valence-corrected chi connectivity index (χ4v) is 1.01. The molecule has 72 valence electrons. The molecular weight excluding hydrogens is 180 g/mol. The first-order chi connectivity index (χ1) is 6.06. The van der Waals surface area contributed by atoms with Gasteiger partial charge in [-0.25, -0.2) is 8.78 Å². The van der Waals surface area contributed by atoms with Crippen LogP contribution in [0.4, 0.5) is 8.78 Å². The van der Waals surface area contributed by atoms with Gasteiger partial charge in [0.05, 0.1) is 12.2 Å². The number of aromatic nitrogens is 1. The van der Waals surface area contributed by atoms with Gasteiger partial charge in [-0.3, -0.25) is 4.79 Å². The molecule has 2 N–H and O–H groups in total. The molecule has 0 aliphatic rings. The number of aliphatic hydroxyl groups excluding tert-OH is 1. The number of halogens is 2. The second kappa shape index (κ2) is 3.66. The lowest BCUT2D eigenvalue weighted by molar-refractivity contribution is 0.149. The van der Waals surface area contributed by atoms with Gasteiger partial charge < -0.3 is 10.1 Å². The lowest BCUT2D eigenvalue weighted by Crippen LogP contribution is -2.15. The van der Waals surface area contributed by atoms with Crippen molar-refractivity contribution in [3.05, 3.63) is 33.2 Å². The Morgan fingerprint density at radius 1 is 1.62 bits per heavy atom. The minimum absolute atomic E-state index is 0.315. The van der Waals surface area contributed by atoms with Crippen molar-refractivity contribution in [1.29, 1.82) is 0 Å². The summed E-state index contributed by atoms with van der Waals surface area (Å²) in [5.74, 6) is 0. The largest absolute Gasteiger partial charge is 0.392 e. The first-order valence-corrected chi connectivity index (χ1v) is 3.68. The van der Waals surface area contributed by atoms with Crippen LogP contribution in [0.25, 0.3) is 0 Å². The number of aliphatic hydroxyl groups is 1. The van der Waals surface area contributed by atoms with Crippen LogP contribution in [-0.4, -0.2) is 10.1 Å². The first kappa shape index (κ1) is 9.85. The van der Waals surface area contributed by atoms with Gasteiger partial charge in [0.1, 0.15) is 0 Å². The minimum atomic E-state index is -2.81. The fraction of sp³-hybridized carbons (Fsp3) is 0.375. The zero-order valence-corrected chi connectivity index (χ0v) is 6.97. The van der Waals surface area contributed by atoms with Gasteiger partial charge >= 0.3 is 0 Å². The van der Waals surface area contributed by atoms with Gasteiger partial charge in [0.25, 0.3) is 12.0 Å². The van der Waals surface area contributed by atoms with Crippen molar-refractivity contribution in [3.8, 4) is 0 Å². The lowest BCUT2D eigenvalue weighted by atomic mass is 10.1. The smallest absolute Gasteiger partial charge is 0.269 e. The van der Waals surface area contributed by atoms with E-state index in [1.54, 1.807) is 6.92 Å². The Morgan fingerprint density at radius 3 is 2.69 bits per heavy atom. The van der Waals surface area contributed by atoms with Crippen molar-refractivity contribution in [2.45, 2.75) is 20.0 Å². The molecule has 0 atom stereocenters. The molecule has 0 aliphatic carbocycles. The Bertz CT molecular complexity index is 360. The van der Waals surface area contributed by atoms with Crippen molar-refractivity contribution in [2.24, 2.45) is 0 Å². The molecule has 1 heterocycles. The molecule has 0 saturated carbocycles. The molecule has 0 bridgehead atoms. The number of aromatic amines is 1. The molecule has 0 aliphatic heterocycles. The van der Waals surface area contributed by atoms with E-state index in [1.165, 1.54) is 0 Å². The number of H-pyrrole nitrogens is 1. The van der Waals surface area contributed by atoms with Crippen LogP contribution in [0.5, 0.6) is 0 Å². The molecule has 0 unspecified atom stereocenters. The molecule has 0 spiro atoms. The van der Waals surface area contributed by atoms with Crippen LogP contribution in [-0.2, 0) is 6.61 Å². The number of nitrogens with one attached hydrogen (secondary N) is 1. The van der Waals surface area contributed by atoms with Gasteiger partial charge in [-0.05, 0) is 18.6 Å². The van der Waals surface area contributed by atoms with Crippen LogP contribution < -0.4 is 5.56 Å². The summed E-state index contributed by atoms with van der Waals surface area (Å²) in [6.45, 7) is 1.19. The second-order valence-corrected chi connectivity index (χ2v) is 2.66. The molecule has 0 saturated heterocycles. The van der Waals surface area contributed by atoms with E-state index in [1.807, 2.05) is 0 Å². The van der Waals surface area contributed by atoms with Gasteiger partial charge in [0.2, 0.25) is 0 Å². The van der Waals surface area contributed by atoms with Crippen molar-refractivity contribution in [3.63, 3.8) is 0 Å². The van der Waals surface area contributed by atoms with Gasteiger partial charge in [0, 0.05) is 5.69 Å². The van der Waals surface area contributed by atoms with Gasteiger partial charge in [0.15, 0.2) is 0 Å². The maximum atomic E-state index is 12.2. The van der Waals surface area contributed by atoms with Crippen LogP contribution in [0.3, 0.4) is 0 Å². The molecule has 0 amide bonds. The highest BCUT2D eigenvalue weighted by Gasteiger charge is 2.13. The van der Waals surface area contributed by atoms with Gasteiger partial charge in [-0.1, -0.05) is 0 Å². The fourth-order valence-electron chi connectivity index (χ4n) is 1.01. The van der Waals surface area contributed by atoms with Crippen molar-refractivity contribution >= 4 is 0 Å². The highest BCUT2D eigenvalue weighted by atomic mass is 19.3. The molecule has 5 heteroatoms. The Labute approximate surface area is 73.0 Å². The molecular formula is C8H9F2NO2. The topological polar surface area (TPSA) is 53.1 Å². The van der Waals surface area contributed by atoms with Gasteiger partial charge in [-0.15, -0.1) is 0 Å². The standard InChI is InChI=1S/C8H9F2NO2/c1-4-5(3-12)2-6(7(9)10)8(13)11-4/h2,7,12H,3H2,1H3,(H,11,13). The second-order valence-electron chi connectivity index (χ2n) is 2.66. The highest BCUT2D eigenvalue weighted by molar-refractivity contribution is 5.24. The van der Waals surface area contributed by atoms with Crippen LogP contribution in [0.15, 0.2) is 10.9 Å². The summed E-state index contributed by atoms with van der Waals surface area (Å²) in [6, 6.07) is 1.03. The molecule has 1 rings (SSSR count). The van der Waals surface area contributed by atoms with Gasteiger partial charge in [-0.2, -0.15) is 0 Å². The third-order valence-electron chi connectivity index (χ3n) is 1.78. The number of rotatable bonds is 2. The highest BCUT2D eigenvalue weighted by Crippen LogP contribution is 2.16. The minimum Gasteiger partial charge on any atom is -0.392 e. The Balaban J connectivity index is 3.31. The predicted molar refractivity (Wildman–Crippen MR) is 42.7 cm³/mol. The van der Waals surface area contributed by atoms with Crippen molar-refractivity contribution in [2.75, 3.05) is 0 Å².